The normalized spacial score (nSPS) is 21.3. The lowest BCUT2D eigenvalue weighted by Crippen LogP contribution is -2.47. The highest BCUT2D eigenvalue weighted by molar-refractivity contribution is 7.87. The van der Waals surface area contributed by atoms with Gasteiger partial charge in [-0.25, -0.2) is 0 Å². The minimum atomic E-state index is -3.45. The molecule has 0 radical (unpaired) electrons. The van der Waals surface area contributed by atoms with Crippen molar-refractivity contribution < 1.29 is 13.2 Å². The van der Waals surface area contributed by atoms with E-state index in [-0.39, 0.29) is 6.04 Å². The fourth-order valence-electron chi connectivity index (χ4n) is 3.18. The number of hydrogen-bond donors (Lipinski definition) is 1. The lowest BCUT2D eigenvalue weighted by Gasteiger charge is -2.28. The molecule has 0 amide bonds. The van der Waals surface area contributed by atoms with Crippen molar-refractivity contribution in [2.24, 2.45) is 0 Å². The SMILES string of the molecule is C[C@@H](NS(=O)(=O)N1CCOCC1)c1ccc2c(c1)CCCC2. The molecule has 1 saturated heterocycles. The van der Waals surface area contributed by atoms with Crippen molar-refractivity contribution in [1.29, 1.82) is 0 Å². The molecule has 1 aliphatic carbocycles. The second-order valence-electron chi connectivity index (χ2n) is 6.09. The molecule has 2 aliphatic rings. The Labute approximate surface area is 132 Å². The van der Waals surface area contributed by atoms with Gasteiger partial charge in [-0.05, 0) is 49.3 Å². The van der Waals surface area contributed by atoms with Crippen LogP contribution in [0.25, 0.3) is 0 Å². The summed E-state index contributed by atoms with van der Waals surface area (Å²) >= 11 is 0. The van der Waals surface area contributed by atoms with Gasteiger partial charge in [0.1, 0.15) is 0 Å². The van der Waals surface area contributed by atoms with Gasteiger partial charge in [0.2, 0.25) is 0 Å². The van der Waals surface area contributed by atoms with Gasteiger partial charge in [0, 0.05) is 19.1 Å². The van der Waals surface area contributed by atoms with Crippen LogP contribution < -0.4 is 4.72 Å². The summed E-state index contributed by atoms with van der Waals surface area (Å²) in [6.07, 6.45) is 4.73. The van der Waals surface area contributed by atoms with Crippen molar-refractivity contribution in [3.8, 4) is 0 Å². The summed E-state index contributed by atoms with van der Waals surface area (Å²) in [5.41, 5.74) is 3.83. The number of nitrogens with zero attached hydrogens (tertiary/aromatic N) is 1. The monoisotopic (exact) mass is 324 g/mol. The van der Waals surface area contributed by atoms with E-state index in [1.54, 1.807) is 0 Å². The predicted molar refractivity (Wildman–Crippen MR) is 85.9 cm³/mol. The van der Waals surface area contributed by atoms with Gasteiger partial charge < -0.3 is 4.74 Å². The summed E-state index contributed by atoms with van der Waals surface area (Å²) < 4.78 is 34.3. The maximum Gasteiger partial charge on any atom is 0.280 e. The van der Waals surface area contributed by atoms with Crippen LogP contribution in [0.1, 0.15) is 42.5 Å². The number of fused-ring (bicyclic) bond motifs is 1. The molecule has 0 aromatic heterocycles. The molecule has 5 nitrogen and oxygen atoms in total. The third-order valence-corrected chi connectivity index (χ3v) is 6.20. The smallest absolute Gasteiger partial charge is 0.280 e. The number of aryl methyl sites for hydroxylation is 2. The average molecular weight is 324 g/mol. The largest absolute Gasteiger partial charge is 0.379 e. The number of hydrogen-bond acceptors (Lipinski definition) is 3. The van der Waals surface area contributed by atoms with Crippen LogP contribution >= 0.6 is 0 Å². The van der Waals surface area contributed by atoms with E-state index in [1.807, 2.05) is 6.92 Å². The number of ether oxygens (including phenoxy) is 1. The quantitative estimate of drug-likeness (QED) is 0.919. The topological polar surface area (TPSA) is 58.6 Å². The molecule has 3 rings (SSSR count). The van der Waals surface area contributed by atoms with Crippen molar-refractivity contribution in [2.45, 2.75) is 38.6 Å². The summed E-state index contributed by atoms with van der Waals surface area (Å²) in [7, 11) is -3.45. The fourth-order valence-corrected chi connectivity index (χ4v) is 4.54. The van der Waals surface area contributed by atoms with E-state index in [2.05, 4.69) is 22.9 Å². The standard InChI is InChI=1S/C16H24N2O3S/c1-13(17-22(19,20)18-8-10-21-11-9-18)15-7-6-14-4-2-3-5-16(14)12-15/h6-7,12-13,17H,2-5,8-11H2,1H3/t13-/m1/s1. The first kappa shape index (κ1) is 15.9. The van der Waals surface area contributed by atoms with Gasteiger partial charge in [0.25, 0.3) is 10.2 Å². The molecular formula is C16H24N2O3S. The highest BCUT2D eigenvalue weighted by Crippen LogP contribution is 2.25. The zero-order valence-electron chi connectivity index (χ0n) is 13.0. The molecule has 0 saturated carbocycles. The molecule has 1 aromatic rings. The molecule has 1 N–H and O–H groups in total. The van der Waals surface area contributed by atoms with Crippen LogP contribution in [0, 0.1) is 0 Å². The van der Waals surface area contributed by atoms with E-state index in [9.17, 15) is 8.42 Å². The highest BCUT2D eigenvalue weighted by atomic mass is 32.2. The summed E-state index contributed by atoms with van der Waals surface area (Å²) in [6, 6.07) is 6.15. The van der Waals surface area contributed by atoms with Gasteiger partial charge in [-0.2, -0.15) is 17.4 Å². The van der Waals surface area contributed by atoms with E-state index in [0.29, 0.717) is 26.3 Å². The van der Waals surface area contributed by atoms with E-state index < -0.39 is 10.2 Å². The maximum atomic E-state index is 12.4. The Balaban J connectivity index is 1.72. The number of nitrogens with one attached hydrogen (secondary N) is 1. The molecule has 122 valence electrons. The minimum absolute atomic E-state index is 0.222. The second kappa shape index (κ2) is 6.66. The Morgan fingerprint density at radius 1 is 1.14 bits per heavy atom. The fraction of sp³-hybridized carbons (Fsp3) is 0.625. The first-order chi connectivity index (χ1) is 10.6. The highest BCUT2D eigenvalue weighted by Gasteiger charge is 2.26. The van der Waals surface area contributed by atoms with E-state index in [0.717, 1.165) is 18.4 Å². The molecule has 22 heavy (non-hydrogen) atoms. The molecule has 1 atom stereocenters. The van der Waals surface area contributed by atoms with Gasteiger partial charge in [-0.1, -0.05) is 18.2 Å². The Morgan fingerprint density at radius 2 is 1.82 bits per heavy atom. The van der Waals surface area contributed by atoms with Gasteiger partial charge in [0.15, 0.2) is 0 Å². The number of benzene rings is 1. The Morgan fingerprint density at radius 3 is 2.55 bits per heavy atom. The summed E-state index contributed by atoms with van der Waals surface area (Å²) in [5.74, 6) is 0. The van der Waals surface area contributed by atoms with Crippen molar-refractivity contribution in [3.63, 3.8) is 0 Å². The summed E-state index contributed by atoms with van der Waals surface area (Å²) in [5, 5.41) is 0. The molecule has 1 heterocycles. The van der Waals surface area contributed by atoms with Gasteiger partial charge in [-0.3, -0.25) is 0 Å². The van der Waals surface area contributed by atoms with Crippen molar-refractivity contribution >= 4 is 10.2 Å². The van der Waals surface area contributed by atoms with Crippen LogP contribution in [0.15, 0.2) is 18.2 Å². The van der Waals surface area contributed by atoms with Crippen LogP contribution in [0.3, 0.4) is 0 Å². The first-order valence-electron chi connectivity index (χ1n) is 8.03. The molecule has 0 bridgehead atoms. The minimum Gasteiger partial charge on any atom is -0.379 e. The lowest BCUT2D eigenvalue weighted by molar-refractivity contribution is 0.0723. The van der Waals surface area contributed by atoms with Crippen LogP contribution in [-0.4, -0.2) is 39.0 Å². The van der Waals surface area contributed by atoms with Crippen LogP contribution in [-0.2, 0) is 27.8 Å². The zero-order valence-corrected chi connectivity index (χ0v) is 13.9. The second-order valence-corrected chi connectivity index (χ2v) is 7.79. The van der Waals surface area contributed by atoms with Gasteiger partial charge in [0.05, 0.1) is 13.2 Å². The number of morpholine rings is 1. The molecule has 0 unspecified atom stereocenters. The van der Waals surface area contributed by atoms with E-state index in [1.165, 1.54) is 28.3 Å². The average Bonchev–Trinajstić information content (AvgIpc) is 2.55. The molecule has 1 aromatic carbocycles. The van der Waals surface area contributed by atoms with E-state index in [4.69, 9.17) is 4.74 Å². The zero-order chi connectivity index (χ0) is 15.6. The van der Waals surface area contributed by atoms with Gasteiger partial charge >= 0.3 is 0 Å². The molecular weight excluding hydrogens is 300 g/mol. The third kappa shape index (κ3) is 3.51. The van der Waals surface area contributed by atoms with E-state index >= 15 is 0 Å². The van der Waals surface area contributed by atoms with Crippen molar-refractivity contribution in [3.05, 3.63) is 34.9 Å². The molecule has 1 aliphatic heterocycles. The summed E-state index contributed by atoms with van der Waals surface area (Å²) in [6.45, 7) is 3.68. The first-order valence-corrected chi connectivity index (χ1v) is 9.47. The van der Waals surface area contributed by atoms with Crippen molar-refractivity contribution in [1.82, 2.24) is 9.03 Å². The van der Waals surface area contributed by atoms with Crippen molar-refractivity contribution in [2.75, 3.05) is 26.3 Å². The number of rotatable bonds is 4. The maximum absolute atomic E-state index is 12.4. The Hall–Kier alpha value is -0.950. The molecule has 0 spiro atoms. The van der Waals surface area contributed by atoms with Crippen LogP contribution in [0.4, 0.5) is 0 Å². The Kier molecular flexibility index (Phi) is 4.82. The third-order valence-electron chi connectivity index (χ3n) is 4.51. The lowest BCUT2D eigenvalue weighted by atomic mass is 9.89. The predicted octanol–water partition coefficient (Wildman–Crippen LogP) is 1.79. The molecule has 1 fully saturated rings. The Bertz CT molecular complexity index is 624. The molecule has 6 heteroatoms. The summed E-state index contributed by atoms with van der Waals surface area (Å²) in [4.78, 5) is 0. The van der Waals surface area contributed by atoms with Gasteiger partial charge in [-0.15, -0.1) is 0 Å². The van der Waals surface area contributed by atoms with Crippen LogP contribution in [0.2, 0.25) is 0 Å². The van der Waals surface area contributed by atoms with Crippen LogP contribution in [0.5, 0.6) is 0 Å².